The number of carbonyl (C=O) groups is 5. The SMILES string of the molecule is CC(=O)Nc1cc(C(c2ccc(O)c(NC(=O)c3ccc(Oc4ccc(C(=O)Nc5cc(C(c6ccc(O)c(NC(=O)c7ccc(C(C)=O)cc7)c6)(C(F)(F)F)C(F)(F)F)ccc5O)cc4)cc3)c2)(C(F)(F)F)C(F)(F)F)ccc1O. The summed E-state index contributed by atoms with van der Waals surface area (Å²) < 4.78 is 187. The molecule has 0 spiro atoms. The molecule has 0 aliphatic rings. The zero-order valence-corrected chi connectivity index (χ0v) is 41.1. The van der Waals surface area contributed by atoms with E-state index in [0.29, 0.717) is 48.5 Å². The molecule has 0 bridgehead atoms. The first kappa shape index (κ1) is 58.9. The fraction of sp³-hybridized carbons (Fsp3) is 0.145. The van der Waals surface area contributed by atoms with Gasteiger partial charge in [0.25, 0.3) is 17.7 Å². The van der Waals surface area contributed by atoms with E-state index >= 15 is 26.3 Å². The molecule has 8 N–H and O–H groups in total. The predicted molar refractivity (Wildman–Crippen MR) is 266 cm³/mol. The van der Waals surface area contributed by atoms with Crippen LogP contribution in [0.15, 0.2) is 146 Å². The van der Waals surface area contributed by atoms with Crippen LogP contribution >= 0.6 is 0 Å². The van der Waals surface area contributed by atoms with E-state index in [1.165, 1.54) is 43.3 Å². The molecular formula is C55H38F12N4O10. The highest BCUT2D eigenvalue weighted by Crippen LogP contribution is 2.59. The third-order valence-electron chi connectivity index (χ3n) is 12.5. The van der Waals surface area contributed by atoms with Gasteiger partial charge in [-0.2, -0.15) is 52.7 Å². The number of carbonyl (C=O) groups excluding carboxylic acids is 5. The number of rotatable bonds is 14. The van der Waals surface area contributed by atoms with Crippen molar-refractivity contribution >= 4 is 52.2 Å². The molecule has 0 heterocycles. The Morgan fingerprint density at radius 3 is 0.815 bits per heavy atom. The first-order chi connectivity index (χ1) is 37.7. The van der Waals surface area contributed by atoms with Crippen molar-refractivity contribution in [2.24, 2.45) is 0 Å². The molecule has 0 saturated carbocycles. The maximum atomic E-state index is 15.2. The van der Waals surface area contributed by atoms with Gasteiger partial charge in [-0.3, -0.25) is 24.0 Å². The number of ketones is 1. The molecule has 0 aliphatic carbocycles. The van der Waals surface area contributed by atoms with E-state index in [4.69, 9.17) is 4.74 Å². The maximum absolute atomic E-state index is 15.2. The van der Waals surface area contributed by atoms with Crippen LogP contribution in [0.3, 0.4) is 0 Å². The molecule has 7 rings (SSSR count). The number of benzene rings is 7. The van der Waals surface area contributed by atoms with Crippen LogP contribution in [0.5, 0.6) is 34.5 Å². The molecule has 0 aromatic heterocycles. The molecule has 14 nitrogen and oxygen atoms in total. The Morgan fingerprint density at radius 2 is 0.580 bits per heavy atom. The molecule has 0 unspecified atom stereocenters. The van der Waals surface area contributed by atoms with Gasteiger partial charge in [0.1, 0.15) is 34.5 Å². The van der Waals surface area contributed by atoms with E-state index < -0.39 is 127 Å². The van der Waals surface area contributed by atoms with Crippen LogP contribution < -0.4 is 26.0 Å². The van der Waals surface area contributed by atoms with Crippen LogP contribution in [0.25, 0.3) is 0 Å². The van der Waals surface area contributed by atoms with Crippen LogP contribution in [0.2, 0.25) is 0 Å². The molecule has 0 atom stereocenters. The van der Waals surface area contributed by atoms with E-state index in [1.54, 1.807) is 0 Å². The van der Waals surface area contributed by atoms with Crippen molar-refractivity contribution in [3.63, 3.8) is 0 Å². The van der Waals surface area contributed by atoms with Gasteiger partial charge < -0.3 is 46.4 Å². The summed E-state index contributed by atoms with van der Waals surface area (Å²) in [7, 11) is 0. The van der Waals surface area contributed by atoms with Crippen molar-refractivity contribution in [2.75, 3.05) is 21.3 Å². The molecule has 7 aromatic carbocycles. The Hall–Kier alpha value is -9.75. The van der Waals surface area contributed by atoms with Gasteiger partial charge in [-0.25, -0.2) is 0 Å². The standard InChI is InChI=1S/C55H38F12N4O10/c1-27(72)29-3-5-30(6-4-29)47(78)69-40-25-35(13-21-44(40)75)51(54(62,63)64,55(65,66)67)36-14-22-46(77)42(26-36)71-49(80)32-9-17-38(18-10-32)81-37-15-7-31(8-16-37)48(79)70-41-24-34(12-20-45(41)76)50(52(56,57)58,53(59,60)61)33-11-19-43(74)39(23-33)68-28(2)73/h3-26,74-77H,1-2H3,(H,68,73)(H,69,78)(H,70,79)(H,71,80). The summed E-state index contributed by atoms with van der Waals surface area (Å²) in [5.74, 6) is -8.49. The number of phenols is 4. The van der Waals surface area contributed by atoms with Crippen LogP contribution in [0.4, 0.5) is 75.4 Å². The molecular weight excluding hydrogens is 1100 g/mol. The van der Waals surface area contributed by atoms with Gasteiger partial charge in [0.05, 0.1) is 22.7 Å². The third kappa shape index (κ3) is 11.6. The average Bonchev–Trinajstić information content (AvgIpc) is 3.58. The number of hydrogen-bond donors (Lipinski definition) is 8. The minimum absolute atomic E-state index is 0.0237. The summed E-state index contributed by atoms with van der Waals surface area (Å²) in [6, 6.07) is 18.0. The van der Waals surface area contributed by atoms with Crippen LogP contribution in [0, 0.1) is 0 Å². The molecule has 4 amide bonds. The fourth-order valence-corrected chi connectivity index (χ4v) is 8.56. The Kier molecular flexibility index (Phi) is 15.9. The highest BCUT2D eigenvalue weighted by atomic mass is 19.4. The zero-order chi connectivity index (χ0) is 59.8. The van der Waals surface area contributed by atoms with E-state index in [9.17, 15) is 70.7 Å². The Balaban J connectivity index is 1.08. The molecule has 0 saturated heterocycles. The number of ether oxygens (including phenoxy) is 1. The zero-order valence-electron chi connectivity index (χ0n) is 41.1. The lowest BCUT2D eigenvalue weighted by Crippen LogP contribution is -2.54. The van der Waals surface area contributed by atoms with Crippen LogP contribution in [0.1, 0.15) is 77.5 Å². The maximum Gasteiger partial charge on any atom is 0.411 e. The number of phenolic OH excluding ortho intramolecular Hbond substituents is 4. The number of hydrogen-bond acceptors (Lipinski definition) is 10. The van der Waals surface area contributed by atoms with Crippen molar-refractivity contribution in [1.82, 2.24) is 0 Å². The monoisotopic (exact) mass is 1140 g/mol. The summed E-state index contributed by atoms with van der Waals surface area (Å²) in [6.45, 7) is 2.12. The van der Waals surface area contributed by atoms with Crippen LogP contribution in [-0.2, 0) is 15.6 Å². The largest absolute Gasteiger partial charge is 0.506 e. The quantitative estimate of drug-likeness (QED) is 0.0292. The number of halogens is 12. The smallest absolute Gasteiger partial charge is 0.411 e. The Bertz CT molecular complexity index is 3560. The lowest BCUT2D eigenvalue weighted by molar-refractivity contribution is -0.290. The fourth-order valence-electron chi connectivity index (χ4n) is 8.56. The van der Waals surface area contributed by atoms with E-state index in [1.807, 2.05) is 5.32 Å². The second kappa shape index (κ2) is 21.8. The lowest BCUT2D eigenvalue weighted by atomic mass is 9.72. The Labute approximate surface area is 448 Å². The van der Waals surface area contributed by atoms with E-state index in [-0.39, 0.29) is 63.8 Å². The van der Waals surface area contributed by atoms with Crippen molar-refractivity contribution in [2.45, 2.75) is 49.4 Å². The summed E-state index contributed by atoms with van der Waals surface area (Å²) in [4.78, 5) is 62.9. The Morgan fingerprint density at radius 1 is 0.346 bits per heavy atom. The number of Topliss-reactive ketones (excluding diaryl/α,β-unsaturated/α-hetero) is 1. The van der Waals surface area contributed by atoms with Gasteiger partial charge in [0.15, 0.2) is 5.78 Å². The van der Waals surface area contributed by atoms with Gasteiger partial charge in [0, 0.05) is 29.2 Å². The van der Waals surface area contributed by atoms with Crippen molar-refractivity contribution in [3.8, 4) is 34.5 Å². The molecule has 7 aromatic rings. The van der Waals surface area contributed by atoms with E-state index in [2.05, 4.69) is 16.0 Å². The number of anilines is 4. The molecule has 0 radical (unpaired) electrons. The number of aromatic hydroxyl groups is 4. The lowest BCUT2D eigenvalue weighted by Gasteiger charge is -2.38. The second-order valence-electron chi connectivity index (χ2n) is 17.7. The first-order valence-corrected chi connectivity index (χ1v) is 23.0. The third-order valence-corrected chi connectivity index (χ3v) is 12.5. The van der Waals surface area contributed by atoms with Crippen molar-refractivity contribution in [1.29, 1.82) is 0 Å². The highest BCUT2D eigenvalue weighted by molar-refractivity contribution is 6.07. The minimum Gasteiger partial charge on any atom is -0.506 e. The predicted octanol–water partition coefficient (Wildman–Crippen LogP) is 13.0. The van der Waals surface area contributed by atoms with Gasteiger partial charge in [-0.15, -0.1) is 0 Å². The number of alkyl halides is 12. The van der Waals surface area contributed by atoms with Crippen LogP contribution in [-0.4, -0.2) is 74.5 Å². The van der Waals surface area contributed by atoms with Gasteiger partial charge in [-0.1, -0.05) is 36.4 Å². The van der Waals surface area contributed by atoms with Crippen molar-refractivity contribution in [3.05, 3.63) is 190 Å². The summed E-state index contributed by atoms with van der Waals surface area (Å²) in [5.41, 5.74) is -20.0. The normalized spacial score (nSPS) is 12.3. The van der Waals surface area contributed by atoms with Gasteiger partial charge >= 0.3 is 24.7 Å². The number of nitrogens with one attached hydrogen (secondary N) is 4. The molecule has 0 fully saturated rings. The average molecular weight is 1140 g/mol. The summed E-state index contributed by atoms with van der Waals surface area (Å²) in [6.07, 6.45) is -24.8. The van der Waals surface area contributed by atoms with Gasteiger partial charge in [0.2, 0.25) is 16.7 Å². The number of amides is 4. The topological polar surface area (TPSA) is 224 Å². The highest BCUT2D eigenvalue weighted by Gasteiger charge is 2.74. The summed E-state index contributed by atoms with van der Waals surface area (Å²) >= 11 is 0. The van der Waals surface area contributed by atoms with Crippen molar-refractivity contribution < 1.29 is 102 Å². The van der Waals surface area contributed by atoms with E-state index in [0.717, 1.165) is 43.3 Å². The first-order valence-electron chi connectivity index (χ1n) is 23.0. The molecule has 422 valence electrons. The summed E-state index contributed by atoms with van der Waals surface area (Å²) in [5, 5.41) is 49.7. The molecule has 81 heavy (non-hydrogen) atoms. The molecule has 0 aliphatic heterocycles. The molecule has 26 heteroatoms. The van der Waals surface area contributed by atoms with Gasteiger partial charge in [-0.05, 0) is 138 Å². The minimum atomic E-state index is -6.23. The second-order valence-corrected chi connectivity index (χ2v) is 17.7.